The minimum Gasteiger partial charge on any atom is -0.468 e. The summed E-state index contributed by atoms with van der Waals surface area (Å²) < 4.78 is 67.2. The van der Waals surface area contributed by atoms with Crippen molar-refractivity contribution in [2.75, 3.05) is 19.7 Å². The van der Waals surface area contributed by atoms with Crippen LogP contribution in [0.4, 0.5) is 13.2 Å². The molecule has 1 aromatic heterocycles. The van der Waals surface area contributed by atoms with Gasteiger partial charge in [0, 0.05) is 18.7 Å². The Balaban J connectivity index is 1.99. The standard InChI is InChI=1S/C12H16F3N3O3S/c13-12(14,15)8-21-11-4-3-10(7-17-11)22(19,20)18-9-2-1-5-16-6-9/h3-4,7,9,16,18H,1-2,5-6,8H2. The predicted octanol–water partition coefficient (Wildman–Crippen LogP) is 1.05. The van der Waals surface area contributed by atoms with Gasteiger partial charge < -0.3 is 10.1 Å². The van der Waals surface area contributed by atoms with Gasteiger partial charge in [-0.05, 0) is 25.5 Å². The van der Waals surface area contributed by atoms with Crippen LogP contribution < -0.4 is 14.8 Å². The van der Waals surface area contributed by atoms with Crippen LogP contribution in [0.1, 0.15) is 12.8 Å². The average molecular weight is 339 g/mol. The van der Waals surface area contributed by atoms with Gasteiger partial charge in [-0.15, -0.1) is 0 Å². The third-order valence-electron chi connectivity index (χ3n) is 3.02. The van der Waals surface area contributed by atoms with Gasteiger partial charge in [0.1, 0.15) is 4.90 Å². The van der Waals surface area contributed by atoms with E-state index in [4.69, 9.17) is 0 Å². The summed E-state index contributed by atoms with van der Waals surface area (Å²) in [5, 5.41) is 3.08. The number of halogens is 3. The molecule has 0 amide bonds. The summed E-state index contributed by atoms with van der Waals surface area (Å²) in [5.41, 5.74) is 0. The topological polar surface area (TPSA) is 80.3 Å². The van der Waals surface area contributed by atoms with Gasteiger partial charge in [-0.1, -0.05) is 0 Å². The summed E-state index contributed by atoms with van der Waals surface area (Å²) in [5.74, 6) is -0.282. The smallest absolute Gasteiger partial charge is 0.422 e. The third-order valence-corrected chi connectivity index (χ3v) is 4.53. The minimum absolute atomic E-state index is 0.113. The predicted molar refractivity (Wildman–Crippen MR) is 72.0 cm³/mol. The number of sulfonamides is 1. The maximum absolute atomic E-state index is 12.1. The van der Waals surface area contributed by atoms with Gasteiger partial charge in [-0.2, -0.15) is 13.2 Å². The second kappa shape index (κ2) is 6.80. The molecule has 0 aromatic carbocycles. The highest BCUT2D eigenvalue weighted by molar-refractivity contribution is 7.89. The summed E-state index contributed by atoms with van der Waals surface area (Å²) in [7, 11) is -3.75. The molecule has 124 valence electrons. The van der Waals surface area contributed by atoms with Crippen molar-refractivity contribution >= 4 is 10.0 Å². The third kappa shape index (κ3) is 5.11. The van der Waals surface area contributed by atoms with Crippen LogP contribution in [-0.4, -0.2) is 45.3 Å². The maximum Gasteiger partial charge on any atom is 0.422 e. The molecule has 0 radical (unpaired) electrons. The van der Waals surface area contributed by atoms with Crippen LogP contribution in [0.25, 0.3) is 0 Å². The molecule has 0 saturated carbocycles. The van der Waals surface area contributed by atoms with Crippen molar-refractivity contribution in [3.63, 3.8) is 0 Å². The Labute approximate surface area is 126 Å². The van der Waals surface area contributed by atoms with Crippen molar-refractivity contribution in [2.24, 2.45) is 0 Å². The number of nitrogens with one attached hydrogen (secondary N) is 2. The van der Waals surface area contributed by atoms with E-state index < -0.39 is 22.8 Å². The van der Waals surface area contributed by atoms with E-state index in [-0.39, 0.29) is 16.8 Å². The van der Waals surface area contributed by atoms with E-state index in [1.165, 1.54) is 0 Å². The maximum atomic E-state index is 12.1. The van der Waals surface area contributed by atoms with E-state index in [1.54, 1.807) is 0 Å². The van der Waals surface area contributed by atoms with Gasteiger partial charge in [0.05, 0.1) is 6.20 Å². The van der Waals surface area contributed by atoms with Gasteiger partial charge in [-0.25, -0.2) is 18.1 Å². The van der Waals surface area contributed by atoms with E-state index in [0.29, 0.717) is 6.54 Å². The molecule has 22 heavy (non-hydrogen) atoms. The summed E-state index contributed by atoms with van der Waals surface area (Å²) >= 11 is 0. The van der Waals surface area contributed by atoms with E-state index in [9.17, 15) is 21.6 Å². The molecule has 1 fully saturated rings. The Bertz CT molecular complexity index is 584. The molecule has 1 aromatic rings. The summed E-state index contributed by atoms with van der Waals surface area (Å²) in [4.78, 5) is 3.47. The fraction of sp³-hybridized carbons (Fsp3) is 0.583. The molecular weight excluding hydrogens is 323 g/mol. The second-order valence-corrected chi connectivity index (χ2v) is 6.61. The molecule has 2 heterocycles. The fourth-order valence-corrected chi connectivity index (χ4v) is 3.22. The van der Waals surface area contributed by atoms with Crippen molar-refractivity contribution in [1.29, 1.82) is 0 Å². The largest absolute Gasteiger partial charge is 0.468 e. The quantitative estimate of drug-likeness (QED) is 0.838. The van der Waals surface area contributed by atoms with Crippen LogP contribution in [0.3, 0.4) is 0 Å². The Morgan fingerprint density at radius 1 is 1.41 bits per heavy atom. The van der Waals surface area contributed by atoms with E-state index in [1.807, 2.05) is 0 Å². The molecule has 1 saturated heterocycles. The Morgan fingerprint density at radius 3 is 2.73 bits per heavy atom. The molecule has 2 N–H and O–H groups in total. The first-order valence-electron chi connectivity index (χ1n) is 6.65. The number of rotatable bonds is 5. The molecule has 0 spiro atoms. The van der Waals surface area contributed by atoms with Crippen molar-refractivity contribution in [3.05, 3.63) is 18.3 Å². The Hall–Kier alpha value is -1.39. The molecule has 0 aliphatic carbocycles. The zero-order chi connectivity index (χ0) is 16.2. The number of ether oxygens (including phenoxy) is 1. The van der Waals surface area contributed by atoms with Crippen molar-refractivity contribution < 1.29 is 26.3 Å². The van der Waals surface area contributed by atoms with Crippen LogP contribution >= 0.6 is 0 Å². The van der Waals surface area contributed by atoms with Crippen molar-refractivity contribution in [2.45, 2.75) is 30.0 Å². The molecule has 1 aliphatic rings. The molecule has 6 nitrogen and oxygen atoms in total. The molecule has 1 atom stereocenters. The Kier molecular flexibility index (Phi) is 5.24. The van der Waals surface area contributed by atoms with Gasteiger partial charge >= 0.3 is 6.18 Å². The molecule has 10 heteroatoms. The van der Waals surface area contributed by atoms with Crippen LogP contribution in [0, 0.1) is 0 Å². The highest BCUT2D eigenvalue weighted by atomic mass is 32.2. The highest BCUT2D eigenvalue weighted by Gasteiger charge is 2.29. The lowest BCUT2D eigenvalue weighted by molar-refractivity contribution is -0.154. The van der Waals surface area contributed by atoms with Gasteiger partial charge in [-0.3, -0.25) is 0 Å². The second-order valence-electron chi connectivity index (χ2n) is 4.90. The lowest BCUT2D eigenvalue weighted by Gasteiger charge is -2.23. The highest BCUT2D eigenvalue weighted by Crippen LogP contribution is 2.18. The first-order valence-corrected chi connectivity index (χ1v) is 8.13. The molecule has 0 bridgehead atoms. The van der Waals surface area contributed by atoms with Gasteiger partial charge in [0.25, 0.3) is 0 Å². The summed E-state index contributed by atoms with van der Waals surface area (Å²) in [6.45, 7) is -0.0808. The molecule has 1 unspecified atom stereocenters. The fourth-order valence-electron chi connectivity index (χ4n) is 2.01. The SMILES string of the molecule is O=S(=O)(NC1CCCNC1)c1ccc(OCC(F)(F)F)nc1. The number of piperidine rings is 1. The Morgan fingerprint density at radius 2 is 2.18 bits per heavy atom. The number of pyridine rings is 1. The zero-order valence-electron chi connectivity index (χ0n) is 11.6. The number of hydrogen-bond acceptors (Lipinski definition) is 5. The molecular formula is C12H16F3N3O3S. The van der Waals surface area contributed by atoms with Crippen LogP contribution in [0.5, 0.6) is 5.88 Å². The lowest BCUT2D eigenvalue weighted by Crippen LogP contribution is -2.45. The number of aromatic nitrogens is 1. The summed E-state index contributed by atoms with van der Waals surface area (Å²) in [6, 6.07) is 2.05. The van der Waals surface area contributed by atoms with Crippen molar-refractivity contribution in [3.8, 4) is 5.88 Å². The zero-order valence-corrected chi connectivity index (χ0v) is 12.4. The number of hydrogen-bond donors (Lipinski definition) is 2. The van der Waals surface area contributed by atoms with Gasteiger partial charge in [0.15, 0.2) is 6.61 Å². The van der Waals surface area contributed by atoms with Crippen molar-refractivity contribution in [1.82, 2.24) is 15.0 Å². The number of alkyl halides is 3. The van der Waals surface area contributed by atoms with E-state index in [0.717, 1.165) is 37.7 Å². The molecule has 2 rings (SSSR count). The van der Waals surface area contributed by atoms with Crippen LogP contribution in [0.15, 0.2) is 23.2 Å². The van der Waals surface area contributed by atoms with E-state index >= 15 is 0 Å². The molecule has 1 aliphatic heterocycles. The lowest BCUT2D eigenvalue weighted by atomic mass is 10.1. The van der Waals surface area contributed by atoms with Crippen LogP contribution in [0.2, 0.25) is 0 Å². The first kappa shape index (κ1) is 17.0. The van der Waals surface area contributed by atoms with E-state index in [2.05, 4.69) is 19.8 Å². The average Bonchev–Trinajstić information content (AvgIpc) is 2.45. The summed E-state index contributed by atoms with van der Waals surface area (Å²) in [6.07, 6.45) is -1.89. The normalized spacial score (nSPS) is 19.9. The first-order chi connectivity index (χ1) is 10.3. The monoisotopic (exact) mass is 339 g/mol. The van der Waals surface area contributed by atoms with Gasteiger partial charge in [0.2, 0.25) is 15.9 Å². The number of nitrogens with zero attached hydrogens (tertiary/aromatic N) is 1. The minimum atomic E-state index is -4.47. The van der Waals surface area contributed by atoms with Crippen LogP contribution in [-0.2, 0) is 10.0 Å².